The van der Waals surface area contributed by atoms with E-state index in [9.17, 15) is 13.6 Å². The minimum atomic E-state index is -0.664. The SMILES string of the molecule is CCC[C@H](NC(=O)C1CCN(c2c(F)c(-c3ccnn3C)nn2C)CC1)c1cc(F)cc(F)c1. The number of carbonyl (C=O) groups is 1. The fourth-order valence-corrected chi connectivity index (χ4v) is 4.63. The second-order valence-corrected chi connectivity index (χ2v) is 8.76. The van der Waals surface area contributed by atoms with Crippen molar-refractivity contribution in [2.45, 2.75) is 38.6 Å². The molecule has 4 rings (SSSR count). The molecule has 0 radical (unpaired) electrons. The van der Waals surface area contributed by atoms with Gasteiger partial charge < -0.3 is 10.2 Å². The summed E-state index contributed by atoms with van der Waals surface area (Å²) in [6, 6.07) is 4.59. The van der Waals surface area contributed by atoms with Crippen molar-refractivity contribution in [1.29, 1.82) is 0 Å². The van der Waals surface area contributed by atoms with Gasteiger partial charge in [-0.3, -0.25) is 9.48 Å². The summed E-state index contributed by atoms with van der Waals surface area (Å²) in [5, 5.41) is 11.4. The van der Waals surface area contributed by atoms with Crippen LogP contribution in [-0.2, 0) is 18.9 Å². The second kappa shape index (κ2) is 9.90. The van der Waals surface area contributed by atoms with E-state index in [-0.39, 0.29) is 17.5 Å². The molecule has 1 aromatic carbocycles. The summed E-state index contributed by atoms with van der Waals surface area (Å²) < 4.78 is 45.8. The van der Waals surface area contributed by atoms with Crippen molar-refractivity contribution in [2.75, 3.05) is 18.0 Å². The summed E-state index contributed by atoms with van der Waals surface area (Å²) in [4.78, 5) is 14.9. The van der Waals surface area contributed by atoms with E-state index in [1.54, 1.807) is 31.0 Å². The summed E-state index contributed by atoms with van der Waals surface area (Å²) in [7, 11) is 3.43. The Bertz CT molecular complexity index is 1150. The summed E-state index contributed by atoms with van der Waals surface area (Å²) in [6.45, 7) is 2.94. The molecule has 182 valence electrons. The highest BCUT2D eigenvalue weighted by atomic mass is 19.1. The summed E-state index contributed by atoms with van der Waals surface area (Å²) in [6.07, 6.45) is 3.99. The first-order valence-corrected chi connectivity index (χ1v) is 11.5. The number of hydrogen-bond donors (Lipinski definition) is 1. The van der Waals surface area contributed by atoms with Crippen LogP contribution in [0, 0.1) is 23.4 Å². The third-order valence-electron chi connectivity index (χ3n) is 6.37. The van der Waals surface area contributed by atoms with Crippen molar-refractivity contribution < 1.29 is 18.0 Å². The van der Waals surface area contributed by atoms with Crippen LogP contribution in [0.2, 0.25) is 0 Å². The lowest BCUT2D eigenvalue weighted by Gasteiger charge is -2.33. The zero-order valence-electron chi connectivity index (χ0n) is 19.6. The van der Waals surface area contributed by atoms with Gasteiger partial charge in [-0.25, -0.2) is 17.9 Å². The van der Waals surface area contributed by atoms with E-state index in [2.05, 4.69) is 15.5 Å². The monoisotopic (exact) mass is 474 g/mol. The van der Waals surface area contributed by atoms with E-state index in [0.29, 0.717) is 49.4 Å². The predicted molar refractivity (Wildman–Crippen MR) is 122 cm³/mol. The lowest BCUT2D eigenvalue weighted by molar-refractivity contribution is -0.126. The van der Waals surface area contributed by atoms with Gasteiger partial charge in [0.2, 0.25) is 5.91 Å². The highest BCUT2D eigenvalue weighted by Gasteiger charge is 2.31. The lowest BCUT2D eigenvalue weighted by Crippen LogP contribution is -2.42. The lowest BCUT2D eigenvalue weighted by atomic mass is 9.94. The van der Waals surface area contributed by atoms with Gasteiger partial charge in [-0.15, -0.1) is 0 Å². The maximum atomic E-state index is 15.3. The average molecular weight is 475 g/mol. The topological polar surface area (TPSA) is 68.0 Å². The van der Waals surface area contributed by atoms with Gasteiger partial charge in [0.05, 0.1) is 11.7 Å². The van der Waals surface area contributed by atoms with Crippen LogP contribution in [0.15, 0.2) is 30.5 Å². The standard InChI is InChI=1S/C24H29F3N6O/c1-4-5-19(16-12-17(25)14-18(26)13-16)29-23(34)15-7-10-33(11-8-15)24-21(27)22(30-32(24)3)20-6-9-28-31(20)2/h6,9,12-15,19H,4-5,7-8,10-11H2,1-3H3,(H,29,34)/t19-/m0/s1. The Labute approximate surface area is 196 Å². The van der Waals surface area contributed by atoms with Crippen molar-refractivity contribution in [2.24, 2.45) is 20.0 Å². The van der Waals surface area contributed by atoms with Gasteiger partial charge in [-0.2, -0.15) is 10.2 Å². The number of amides is 1. The number of benzene rings is 1. The smallest absolute Gasteiger partial charge is 0.223 e. The van der Waals surface area contributed by atoms with E-state index < -0.39 is 23.5 Å². The number of piperidine rings is 1. The zero-order valence-corrected chi connectivity index (χ0v) is 19.6. The van der Waals surface area contributed by atoms with Gasteiger partial charge in [0.1, 0.15) is 17.3 Å². The van der Waals surface area contributed by atoms with Crippen LogP contribution >= 0.6 is 0 Å². The Morgan fingerprint density at radius 2 is 1.79 bits per heavy atom. The van der Waals surface area contributed by atoms with Crippen LogP contribution in [0.4, 0.5) is 19.0 Å². The Balaban J connectivity index is 1.43. The molecule has 0 saturated carbocycles. The van der Waals surface area contributed by atoms with E-state index in [0.717, 1.165) is 12.5 Å². The van der Waals surface area contributed by atoms with Gasteiger partial charge in [-0.1, -0.05) is 13.3 Å². The molecule has 0 bridgehead atoms. The van der Waals surface area contributed by atoms with Crippen molar-refractivity contribution in [3.8, 4) is 11.4 Å². The van der Waals surface area contributed by atoms with E-state index in [1.807, 2.05) is 11.8 Å². The van der Waals surface area contributed by atoms with E-state index in [4.69, 9.17) is 0 Å². The number of nitrogens with zero attached hydrogens (tertiary/aromatic N) is 5. The number of aryl methyl sites for hydroxylation is 2. The summed E-state index contributed by atoms with van der Waals surface area (Å²) >= 11 is 0. The molecule has 3 aromatic rings. The maximum absolute atomic E-state index is 15.3. The molecule has 3 heterocycles. The molecule has 7 nitrogen and oxygen atoms in total. The molecule has 2 aromatic heterocycles. The molecular weight excluding hydrogens is 445 g/mol. The first kappa shape index (κ1) is 23.8. The number of hydrogen-bond acceptors (Lipinski definition) is 4. The second-order valence-electron chi connectivity index (χ2n) is 8.76. The molecule has 1 saturated heterocycles. The molecule has 1 aliphatic rings. The number of aromatic nitrogens is 4. The maximum Gasteiger partial charge on any atom is 0.223 e. The van der Waals surface area contributed by atoms with Crippen LogP contribution in [0.25, 0.3) is 11.4 Å². The zero-order chi connectivity index (χ0) is 24.4. The molecule has 0 spiro atoms. The Morgan fingerprint density at radius 1 is 1.12 bits per heavy atom. The van der Waals surface area contributed by atoms with E-state index >= 15 is 4.39 Å². The molecule has 1 N–H and O–H groups in total. The van der Waals surface area contributed by atoms with Crippen molar-refractivity contribution >= 4 is 11.7 Å². The number of carbonyl (C=O) groups excluding carboxylic acids is 1. The van der Waals surface area contributed by atoms with Crippen LogP contribution in [0.3, 0.4) is 0 Å². The van der Waals surface area contributed by atoms with Gasteiger partial charge in [0.25, 0.3) is 0 Å². The Morgan fingerprint density at radius 3 is 2.38 bits per heavy atom. The van der Waals surface area contributed by atoms with Crippen LogP contribution in [0.1, 0.15) is 44.2 Å². The van der Waals surface area contributed by atoms with Crippen molar-refractivity contribution in [1.82, 2.24) is 24.9 Å². The number of anilines is 1. The van der Waals surface area contributed by atoms with Gasteiger partial charge in [0, 0.05) is 45.4 Å². The number of halogens is 3. The molecule has 0 aliphatic carbocycles. The molecule has 0 unspecified atom stereocenters. The van der Waals surface area contributed by atoms with Gasteiger partial charge in [0.15, 0.2) is 11.6 Å². The van der Waals surface area contributed by atoms with Crippen LogP contribution < -0.4 is 10.2 Å². The molecular formula is C24H29F3N6O. The third-order valence-corrected chi connectivity index (χ3v) is 6.37. The normalized spacial score (nSPS) is 15.5. The number of nitrogens with one attached hydrogen (secondary N) is 1. The molecule has 1 atom stereocenters. The van der Waals surface area contributed by atoms with E-state index in [1.165, 1.54) is 16.8 Å². The molecule has 1 fully saturated rings. The van der Waals surface area contributed by atoms with Crippen molar-refractivity contribution in [3.63, 3.8) is 0 Å². The summed E-state index contributed by atoms with van der Waals surface area (Å²) in [5.74, 6) is -1.77. The largest absolute Gasteiger partial charge is 0.354 e. The van der Waals surface area contributed by atoms with Gasteiger partial charge in [-0.05, 0) is 43.0 Å². The molecule has 1 amide bonds. The quantitative estimate of drug-likeness (QED) is 0.560. The number of rotatable bonds is 7. The average Bonchev–Trinajstić information content (AvgIpc) is 3.34. The third kappa shape index (κ3) is 4.80. The van der Waals surface area contributed by atoms with Crippen molar-refractivity contribution in [3.05, 3.63) is 53.5 Å². The minimum absolute atomic E-state index is 0.149. The first-order chi connectivity index (χ1) is 16.3. The first-order valence-electron chi connectivity index (χ1n) is 11.5. The highest BCUT2D eigenvalue weighted by Crippen LogP contribution is 2.32. The molecule has 34 heavy (non-hydrogen) atoms. The Hall–Kier alpha value is -3.30. The van der Waals surface area contributed by atoms with Crippen LogP contribution in [-0.4, -0.2) is 38.6 Å². The predicted octanol–water partition coefficient (Wildman–Crippen LogP) is 4.11. The molecule has 1 aliphatic heterocycles. The minimum Gasteiger partial charge on any atom is -0.354 e. The Kier molecular flexibility index (Phi) is 6.95. The fraction of sp³-hybridized carbons (Fsp3) is 0.458. The van der Waals surface area contributed by atoms with Gasteiger partial charge >= 0.3 is 0 Å². The highest BCUT2D eigenvalue weighted by molar-refractivity contribution is 5.79. The molecule has 10 heteroatoms. The van der Waals surface area contributed by atoms with Crippen LogP contribution in [0.5, 0.6) is 0 Å². The summed E-state index contributed by atoms with van der Waals surface area (Å²) in [5.41, 5.74) is 1.25. The fourth-order valence-electron chi connectivity index (χ4n) is 4.63.